The van der Waals surface area contributed by atoms with Crippen molar-refractivity contribution in [2.45, 2.75) is 168 Å². The second-order valence-electron chi connectivity index (χ2n) is 13.2. The molecule has 0 fully saturated rings. The first-order chi connectivity index (χ1) is 26.0. The number of rotatable bonds is 35. The first kappa shape index (κ1) is 49.3. The van der Waals surface area contributed by atoms with Crippen LogP contribution in [-0.2, 0) is 28.6 Å². The van der Waals surface area contributed by atoms with Crippen LogP contribution in [0.1, 0.15) is 162 Å². The van der Waals surface area contributed by atoms with Crippen molar-refractivity contribution in [1.29, 1.82) is 0 Å². The summed E-state index contributed by atoms with van der Waals surface area (Å²) in [7, 11) is 0. The first-order valence-electron chi connectivity index (χ1n) is 20.7. The Morgan fingerprint density at radius 2 is 0.811 bits per heavy atom. The van der Waals surface area contributed by atoms with Crippen LogP contribution in [0.5, 0.6) is 0 Å². The maximum absolute atomic E-state index is 12.6. The van der Waals surface area contributed by atoms with Gasteiger partial charge in [0.05, 0.1) is 6.42 Å². The molecule has 0 aliphatic carbocycles. The number of carbonyl (C=O) groups is 3. The van der Waals surface area contributed by atoms with Gasteiger partial charge in [0.2, 0.25) is 0 Å². The summed E-state index contributed by atoms with van der Waals surface area (Å²) in [5.41, 5.74) is 0. The average Bonchev–Trinajstić information content (AvgIpc) is 3.15. The van der Waals surface area contributed by atoms with Crippen molar-refractivity contribution >= 4 is 17.9 Å². The summed E-state index contributed by atoms with van der Waals surface area (Å²) in [6.45, 7) is 6.18. The van der Waals surface area contributed by atoms with Gasteiger partial charge in [-0.05, 0) is 64.2 Å². The summed E-state index contributed by atoms with van der Waals surface area (Å²) in [4.78, 5) is 37.4. The third-order valence-electron chi connectivity index (χ3n) is 8.13. The predicted molar refractivity (Wildman–Crippen MR) is 224 cm³/mol. The summed E-state index contributed by atoms with van der Waals surface area (Å²) in [6.07, 6.45) is 53.0. The van der Waals surface area contributed by atoms with E-state index in [1.54, 1.807) is 6.08 Å². The van der Waals surface area contributed by atoms with E-state index in [0.29, 0.717) is 12.8 Å². The number of unbranched alkanes of at least 4 members (excludes halogenated alkanes) is 9. The lowest BCUT2D eigenvalue weighted by molar-refractivity contribution is -0.166. The van der Waals surface area contributed by atoms with Gasteiger partial charge in [-0.1, -0.05) is 176 Å². The fraction of sp³-hybridized carbons (Fsp3) is 0.596. The molecule has 0 aromatic heterocycles. The number of ether oxygens (including phenoxy) is 3. The number of hydrogen-bond acceptors (Lipinski definition) is 6. The van der Waals surface area contributed by atoms with Gasteiger partial charge < -0.3 is 14.2 Å². The summed E-state index contributed by atoms with van der Waals surface area (Å²) >= 11 is 0. The van der Waals surface area contributed by atoms with Crippen LogP contribution in [-0.4, -0.2) is 37.2 Å². The number of hydrogen-bond donors (Lipinski definition) is 0. The Morgan fingerprint density at radius 3 is 1.28 bits per heavy atom. The molecule has 0 rings (SSSR count). The second kappa shape index (κ2) is 41.1. The minimum absolute atomic E-state index is 0.121. The molecule has 0 amide bonds. The highest BCUT2D eigenvalue weighted by molar-refractivity contribution is 5.72. The van der Waals surface area contributed by atoms with Crippen LogP contribution in [0, 0.1) is 0 Å². The Bertz CT molecular complexity index is 1120. The van der Waals surface area contributed by atoms with Gasteiger partial charge in [0, 0.05) is 12.8 Å². The van der Waals surface area contributed by atoms with E-state index in [0.717, 1.165) is 70.6 Å². The minimum atomic E-state index is -0.838. The lowest BCUT2D eigenvalue weighted by atomic mass is 10.1. The normalized spacial score (nSPS) is 13.0. The lowest BCUT2D eigenvalue weighted by Gasteiger charge is -2.18. The molecular formula is C47H74O6. The minimum Gasteiger partial charge on any atom is -0.462 e. The van der Waals surface area contributed by atoms with Crippen molar-refractivity contribution < 1.29 is 28.6 Å². The summed E-state index contributed by atoms with van der Waals surface area (Å²) < 4.78 is 16.4. The van der Waals surface area contributed by atoms with Crippen molar-refractivity contribution in [3.8, 4) is 0 Å². The molecule has 0 saturated heterocycles. The fourth-order valence-electron chi connectivity index (χ4n) is 5.08. The van der Waals surface area contributed by atoms with Gasteiger partial charge in [0.25, 0.3) is 0 Å². The molecule has 0 radical (unpaired) electrons. The molecule has 1 unspecified atom stereocenters. The molecule has 6 nitrogen and oxygen atoms in total. The molecule has 0 spiro atoms. The Labute approximate surface area is 324 Å². The van der Waals surface area contributed by atoms with Crippen LogP contribution < -0.4 is 0 Å². The van der Waals surface area contributed by atoms with Crippen molar-refractivity contribution in [2.75, 3.05) is 13.2 Å². The van der Waals surface area contributed by atoms with Gasteiger partial charge in [-0.15, -0.1) is 0 Å². The monoisotopic (exact) mass is 735 g/mol. The molecule has 0 aromatic carbocycles. The van der Waals surface area contributed by atoms with E-state index in [2.05, 4.69) is 93.7 Å². The highest BCUT2D eigenvalue weighted by Crippen LogP contribution is 2.12. The molecule has 0 aromatic rings. The van der Waals surface area contributed by atoms with Gasteiger partial charge in [0.1, 0.15) is 13.2 Å². The zero-order chi connectivity index (χ0) is 38.7. The van der Waals surface area contributed by atoms with Crippen LogP contribution in [0.15, 0.2) is 97.2 Å². The van der Waals surface area contributed by atoms with E-state index in [4.69, 9.17) is 14.2 Å². The van der Waals surface area contributed by atoms with Crippen LogP contribution in [0.25, 0.3) is 0 Å². The SMILES string of the molecule is CC/C=C\C/C=C\C/C=C\C/C=C\C/C=C\CCC(=O)OCC(COC(=O)C/C=C\C/C=C\C/C=C\CC)OC(=O)CCCCCCCCCCCC. The van der Waals surface area contributed by atoms with Gasteiger partial charge in [-0.25, -0.2) is 0 Å². The quantitative estimate of drug-likeness (QED) is 0.0279. The second-order valence-corrected chi connectivity index (χ2v) is 13.2. The van der Waals surface area contributed by atoms with E-state index in [1.807, 2.05) is 18.2 Å². The Kier molecular flexibility index (Phi) is 38.2. The Hall–Kier alpha value is -3.67. The van der Waals surface area contributed by atoms with Gasteiger partial charge in [-0.3, -0.25) is 14.4 Å². The maximum Gasteiger partial charge on any atom is 0.309 e. The Balaban J connectivity index is 4.56. The average molecular weight is 735 g/mol. The third-order valence-corrected chi connectivity index (χ3v) is 8.13. The smallest absolute Gasteiger partial charge is 0.309 e. The molecule has 0 bridgehead atoms. The van der Waals surface area contributed by atoms with Crippen molar-refractivity contribution in [3.05, 3.63) is 97.2 Å². The van der Waals surface area contributed by atoms with Crippen LogP contribution >= 0.6 is 0 Å². The summed E-state index contributed by atoms with van der Waals surface area (Å²) in [5, 5.41) is 0. The third kappa shape index (κ3) is 39.4. The van der Waals surface area contributed by atoms with Crippen molar-refractivity contribution in [1.82, 2.24) is 0 Å². The molecule has 0 aliphatic rings. The molecule has 53 heavy (non-hydrogen) atoms. The van der Waals surface area contributed by atoms with Crippen LogP contribution in [0.2, 0.25) is 0 Å². The van der Waals surface area contributed by atoms with E-state index in [-0.39, 0.29) is 38.0 Å². The molecular weight excluding hydrogens is 661 g/mol. The van der Waals surface area contributed by atoms with E-state index in [9.17, 15) is 14.4 Å². The first-order valence-corrected chi connectivity index (χ1v) is 20.7. The maximum atomic E-state index is 12.6. The molecule has 0 saturated carbocycles. The molecule has 1 atom stereocenters. The number of carbonyl (C=O) groups excluding carboxylic acids is 3. The summed E-state index contributed by atoms with van der Waals surface area (Å²) in [5.74, 6) is -1.16. The number of esters is 3. The van der Waals surface area contributed by atoms with Crippen molar-refractivity contribution in [2.24, 2.45) is 0 Å². The van der Waals surface area contributed by atoms with E-state index >= 15 is 0 Å². The highest BCUT2D eigenvalue weighted by Gasteiger charge is 2.19. The van der Waals surface area contributed by atoms with Gasteiger partial charge in [-0.2, -0.15) is 0 Å². The fourth-order valence-corrected chi connectivity index (χ4v) is 5.08. The zero-order valence-corrected chi connectivity index (χ0v) is 33.7. The Morgan fingerprint density at radius 1 is 0.415 bits per heavy atom. The van der Waals surface area contributed by atoms with Crippen LogP contribution in [0.3, 0.4) is 0 Å². The number of allylic oxidation sites excluding steroid dienone is 15. The standard InChI is InChI=1S/C47H74O6/c1-4-7-10-13-16-19-21-22-23-24-25-26-29-31-34-37-40-46(49)52-43-44(42-51-45(48)39-36-33-30-27-18-15-12-9-6-3)53-47(50)41-38-35-32-28-20-17-14-11-8-5-2/h7,9-10,12,16,18-19,22-23,25-27,31,33-34,36,44H,4-6,8,11,13-15,17,20-21,24,28-30,32,35,37-43H2,1-3H3/b10-7-,12-9-,19-16-,23-22-,26-25-,27-18-,34-31-,36-33-. The van der Waals surface area contributed by atoms with Gasteiger partial charge >= 0.3 is 17.9 Å². The van der Waals surface area contributed by atoms with Crippen molar-refractivity contribution in [3.63, 3.8) is 0 Å². The molecule has 0 aliphatic heterocycles. The topological polar surface area (TPSA) is 78.9 Å². The van der Waals surface area contributed by atoms with Crippen LogP contribution in [0.4, 0.5) is 0 Å². The predicted octanol–water partition coefficient (Wildman–Crippen LogP) is 13.1. The zero-order valence-electron chi connectivity index (χ0n) is 33.7. The molecule has 298 valence electrons. The summed E-state index contributed by atoms with van der Waals surface area (Å²) in [6, 6.07) is 0. The molecule has 0 N–H and O–H groups in total. The molecule has 6 heteroatoms. The van der Waals surface area contributed by atoms with E-state index in [1.165, 1.54) is 44.9 Å². The largest absolute Gasteiger partial charge is 0.462 e. The van der Waals surface area contributed by atoms with Gasteiger partial charge in [0.15, 0.2) is 6.10 Å². The highest BCUT2D eigenvalue weighted by atomic mass is 16.6. The lowest BCUT2D eigenvalue weighted by Crippen LogP contribution is -2.30. The molecule has 0 heterocycles. The van der Waals surface area contributed by atoms with E-state index < -0.39 is 12.1 Å².